The number of benzene rings is 1. The van der Waals surface area contributed by atoms with Gasteiger partial charge in [0.15, 0.2) is 17.3 Å². The number of nitrogens with one attached hydrogen (secondary N) is 1. The van der Waals surface area contributed by atoms with E-state index in [2.05, 4.69) is 10.3 Å². The van der Waals surface area contributed by atoms with Gasteiger partial charge in [-0.2, -0.15) is 0 Å². The molecule has 2 aromatic rings. The number of rotatable bonds is 4. The molecule has 0 fully saturated rings. The Hall–Kier alpha value is -2.94. The molecule has 0 unspecified atom stereocenters. The Morgan fingerprint density at radius 1 is 1.31 bits per heavy atom. The number of nitro groups is 1. The van der Waals surface area contributed by atoms with Crippen molar-refractivity contribution in [3.63, 3.8) is 0 Å². The van der Waals surface area contributed by atoms with Crippen LogP contribution in [-0.4, -0.2) is 21.6 Å². The van der Waals surface area contributed by atoms with E-state index in [4.69, 9.17) is 21.1 Å². The van der Waals surface area contributed by atoms with Crippen LogP contribution in [0.5, 0.6) is 11.5 Å². The predicted molar refractivity (Wildman–Crippen MR) is 92.2 cm³/mol. The average molecular weight is 384 g/mol. The molecule has 0 saturated heterocycles. The molecule has 1 N–H and O–H groups in total. The molecule has 1 aromatic heterocycles. The van der Waals surface area contributed by atoms with Crippen LogP contribution in [0.3, 0.4) is 0 Å². The molecular weight excluding hydrogens is 369 g/mol. The van der Waals surface area contributed by atoms with Gasteiger partial charge in [0, 0.05) is 12.1 Å². The molecule has 0 atom stereocenters. The van der Waals surface area contributed by atoms with E-state index < -0.39 is 28.1 Å². The van der Waals surface area contributed by atoms with E-state index in [0.29, 0.717) is 0 Å². The van der Waals surface area contributed by atoms with Crippen LogP contribution < -0.4 is 10.1 Å². The Labute approximate surface area is 153 Å². The third kappa shape index (κ3) is 5.28. The minimum absolute atomic E-state index is 0.000443. The maximum atomic E-state index is 13.9. The summed E-state index contributed by atoms with van der Waals surface area (Å²) in [5.74, 6) is -1.14. The maximum Gasteiger partial charge on any atom is 0.413 e. The molecule has 0 radical (unpaired) electrons. The highest BCUT2D eigenvalue weighted by Crippen LogP contribution is 2.33. The normalized spacial score (nSPS) is 11.0. The lowest BCUT2D eigenvalue weighted by atomic mass is 10.2. The van der Waals surface area contributed by atoms with Crippen LogP contribution in [0.4, 0.5) is 20.7 Å². The van der Waals surface area contributed by atoms with Crippen molar-refractivity contribution in [2.24, 2.45) is 0 Å². The largest absolute Gasteiger partial charge is 0.453 e. The summed E-state index contributed by atoms with van der Waals surface area (Å²) < 4.78 is 24.4. The quantitative estimate of drug-likeness (QED) is 0.593. The average Bonchev–Trinajstić information content (AvgIpc) is 2.50. The van der Waals surface area contributed by atoms with Crippen LogP contribution in [0.15, 0.2) is 30.5 Å². The lowest BCUT2D eigenvalue weighted by Gasteiger charge is -2.19. The molecule has 0 aliphatic heterocycles. The highest BCUT2D eigenvalue weighted by atomic mass is 35.5. The van der Waals surface area contributed by atoms with Crippen molar-refractivity contribution in [3.8, 4) is 11.5 Å². The summed E-state index contributed by atoms with van der Waals surface area (Å²) in [6.45, 7) is 5.11. The summed E-state index contributed by atoms with van der Waals surface area (Å²) in [6.07, 6.45) is 0.465. The molecule has 0 spiro atoms. The second-order valence-corrected chi connectivity index (χ2v) is 6.51. The Balaban J connectivity index is 2.20. The van der Waals surface area contributed by atoms with Crippen molar-refractivity contribution >= 4 is 29.2 Å². The second kappa shape index (κ2) is 7.52. The number of hydrogen-bond acceptors (Lipinski definition) is 6. The first kappa shape index (κ1) is 19.4. The fraction of sp³-hybridized carbons (Fsp3) is 0.250. The van der Waals surface area contributed by atoms with Crippen molar-refractivity contribution in [1.29, 1.82) is 0 Å². The van der Waals surface area contributed by atoms with Crippen LogP contribution in [-0.2, 0) is 4.74 Å². The Morgan fingerprint density at radius 2 is 2.00 bits per heavy atom. The van der Waals surface area contributed by atoms with E-state index in [0.717, 1.165) is 18.2 Å². The second-order valence-electron chi connectivity index (χ2n) is 6.10. The number of anilines is 1. The van der Waals surface area contributed by atoms with Gasteiger partial charge in [0.25, 0.3) is 5.69 Å². The summed E-state index contributed by atoms with van der Waals surface area (Å²) >= 11 is 5.96. The number of carbonyl (C=O) groups is 1. The number of ether oxygens (including phenoxy) is 2. The number of non-ortho nitro benzene ring substituents is 1. The van der Waals surface area contributed by atoms with Crippen molar-refractivity contribution in [3.05, 3.63) is 51.4 Å². The van der Waals surface area contributed by atoms with Gasteiger partial charge in [-0.05, 0) is 26.8 Å². The van der Waals surface area contributed by atoms with Gasteiger partial charge in [0.05, 0.1) is 17.2 Å². The van der Waals surface area contributed by atoms with Gasteiger partial charge in [-0.1, -0.05) is 11.6 Å². The van der Waals surface area contributed by atoms with Gasteiger partial charge < -0.3 is 9.47 Å². The van der Waals surface area contributed by atoms with Gasteiger partial charge in [-0.3, -0.25) is 15.4 Å². The minimum Gasteiger partial charge on any atom is -0.453 e. The zero-order chi connectivity index (χ0) is 19.5. The molecule has 8 nitrogen and oxygen atoms in total. The first-order valence-electron chi connectivity index (χ1n) is 7.32. The van der Waals surface area contributed by atoms with Crippen LogP contribution in [0.1, 0.15) is 20.8 Å². The maximum absolute atomic E-state index is 13.9. The number of nitrogens with zero attached hydrogens (tertiary/aromatic N) is 2. The summed E-state index contributed by atoms with van der Waals surface area (Å²) in [7, 11) is 0. The summed E-state index contributed by atoms with van der Waals surface area (Å²) in [6, 6.07) is 4.19. The Bertz CT molecular complexity index is 854. The van der Waals surface area contributed by atoms with Crippen LogP contribution in [0, 0.1) is 15.9 Å². The number of pyridine rings is 1. The van der Waals surface area contributed by atoms with Gasteiger partial charge in [-0.15, -0.1) is 0 Å². The first-order chi connectivity index (χ1) is 12.0. The van der Waals surface area contributed by atoms with Gasteiger partial charge in [0.2, 0.25) is 0 Å². The number of hydrogen-bond donors (Lipinski definition) is 1. The summed E-state index contributed by atoms with van der Waals surface area (Å²) in [4.78, 5) is 25.6. The van der Waals surface area contributed by atoms with Gasteiger partial charge in [0.1, 0.15) is 16.4 Å². The molecule has 1 heterocycles. The monoisotopic (exact) mass is 383 g/mol. The fourth-order valence-corrected chi connectivity index (χ4v) is 1.92. The standard InChI is InChI=1S/C16H15ClFN3O5/c1-16(2,3)26-15(22)20-14-7-13(10(17)8-19-14)25-12-5-4-9(21(23)24)6-11(12)18/h4-8H,1-3H3,(H,19,20,22). The lowest BCUT2D eigenvalue weighted by molar-refractivity contribution is -0.385. The summed E-state index contributed by atoms with van der Waals surface area (Å²) in [5, 5.41) is 13.1. The zero-order valence-electron chi connectivity index (χ0n) is 14.1. The number of halogens is 2. The number of carbonyl (C=O) groups excluding carboxylic acids is 1. The highest BCUT2D eigenvalue weighted by molar-refractivity contribution is 6.32. The molecule has 1 amide bonds. The first-order valence-corrected chi connectivity index (χ1v) is 7.70. The molecule has 1 aromatic carbocycles. The topological polar surface area (TPSA) is 104 Å². The SMILES string of the molecule is CC(C)(C)OC(=O)Nc1cc(Oc2ccc([N+](=O)[O-])cc2F)c(Cl)cn1. The van der Waals surface area contributed by atoms with Crippen molar-refractivity contribution in [1.82, 2.24) is 4.98 Å². The molecule has 0 aliphatic rings. The Morgan fingerprint density at radius 3 is 2.58 bits per heavy atom. The summed E-state index contributed by atoms with van der Waals surface area (Å²) in [5.41, 5.74) is -1.11. The van der Waals surface area contributed by atoms with E-state index >= 15 is 0 Å². The smallest absolute Gasteiger partial charge is 0.413 e. The fourth-order valence-electron chi connectivity index (χ4n) is 1.78. The van der Waals surface area contributed by atoms with E-state index in [1.54, 1.807) is 20.8 Å². The number of aromatic nitrogens is 1. The van der Waals surface area contributed by atoms with Gasteiger partial charge in [-0.25, -0.2) is 14.2 Å². The molecule has 0 saturated carbocycles. The molecule has 138 valence electrons. The minimum atomic E-state index is -0.936. The van der Waals surface area contributed by atoms with Crippen LogP contribution >= 0.6 is 11.6 Å². The molecule has 2 rings (SSSR count). The van der Waals surface area contributed by atoms with E-state index in [1.807, 2.05) is 0 Å². The number of nitro benzene ring substituents is 1. The molecule has 0 aliphatic carbocycles. The molecule has 0 bridgehead atoms. The van der Waals surface area contributed by atoms with Crippen molar-refractivity contribution in [2.45, 2.75) is 26.4 Å². The number of amides is 1. The van der Waals surface area contributed by atoms with Crippen molar-refractivity contribution < 1.29 is 23.6 Å². The van der Waals surface area contributed by atoms with Gasteiger partial charge >= 0.3 is 6.09 Å². The highest BCUT2D eigenvalue weighted by Gasteiger charge is 2.18. The third-order valence-electron chi connectivity index (χ3n) is 2.80. The van der Waals surface area contributed by atoms with E-state index in [1.165, 1.54) is 12.3 Å². The lowest BCUT2D eigenvalue weighted by Crippen LogP contribution is -2.27. The molecule has 10 heteroatoms. The predicted octanol–water partition coefficient (Wildman–Crippen LogP) is 4.92. The van der Waals surface area contributed by atoms with E-state index in [9.17, 15) is 19.3 Å². The molecular formula is C16H15ClFN3O5. The zero-order valence-corrected chi connectivity index (χ0v) is 14.8. The van der Waals surface area contributed by atoms with Crippen LogP contribution in [0.25, 0.3) is 0 Å². The van der Waals surface area contributed by atoms with Crippen LogP contribution in [0.2, 0.25) is 5.02 Å². The Kier molecular flexibility index (Phi) is 5.61. The van der Waals surface area contributed by atoms with E-state index in [-0.39, 0.29) is 22.3 Å². The van der Waals surface area contributed by atoms with Crippen molar-refractivity contribution in [2.75, 3.05) is 5.32 Å². The molecule has 26 heavy (non-hydrogen) atoms. The third-order valence-corrected chi connectivity index (χ3v) is 3.08.